The SMILES string of the molecule is O=S(=O)([O-])C1(F)C(F)C(F)(F)C(F)(F)C1(F)F. The summed E-state index contributed by atoms with van der Waals surface area (Å²) in [4.78, 5) is 0. The van der Waals surface area contributed by atoms with Crippen molar-refractivity contribution in [1.29, 1.82) is 0 Å². The highest BCUT2D eigenvalue weighted by Crippen LogP contribution is 2.64. The van der Waals surface area contributed by atoms with Crippen LogP contribution < -0.4 is 0 Å². The first-order chi connectivity index (χ1) is 7.15. The van der Waals surface area contributed by atoms with E-state index in [9.17, 15) is 48.1 Å². The quantitative estimate of drug-likeness (QED) is 0.543. The van der Waals surface area contributed by atoms with Gasteiger partial charge >= 0.3 is 22.8 Å². The predicted molar refractivity (Wildman–Crippen MR) is 33.3 cm³/mol. The van der Waals surface area contributed by atoms with Gasteiger partial charge in [-0.2, -0.15) is 26.3 Å². The van der Waals surface area contributed by atoms with Crippen molar-refractivity contribution in [3.8, 4) is 0 Å². The first kappa shape index (κ1) is 14.4. The summed E-state index contributed by atoms with van der Waals surface area (Å²) in [5.74, 6) is -19.7. The molecule has 0 aromatic rings. The van der Waals surface area contributed by atoms with E-state index in [1.54, 1.807) is 0 Å². The molecule has 0 saturated heterocycles. The molecular formula is C5HF8O3S-. The monoisotopic (exact) mass is 293 g/mol. The lowest BCUT2D eigenvalue weighted by molar-refractivity contribution is -0.283. The van der Waals surface area contributed by atoms with Crippen molar-refractivity contribution in [3.05, 3.63) is 0 Å². The van der Waals surface area contributed by atoms with Crippen molar-refractivity contribution < 1.29 is 48.1 Å². The Morgan fingerprint density at radius 2 is 1.24 bits per heavy atom. The first-order valence-corrected chi connectivity index (χ1v) is 4.98. The highest BCUT2D eigenvalue weighted by atomic mass is 32.2. The summed E-state index contributed by atoms with van der Waals surface area (Å²) < 4.78 is 130. The van der Waals surface area contributed by atoms with Gasteiger partial charge < -0.3 is 4.55 Å². The Morgan fingerprint density at radius 1 is 0.882 bits per heavy atom. The maximum atomic E-state index is 13.0. The Balaban J connectivity index is 3.69. The molecule has 1 saturated carbocycles. The van der Waals surface area contributed by atoms with E-state index in [1.165, 1.54) is 0 Å². The molecule has 1 rings (SSSR count). The molecule has 0 N–H and O–H groups in total. The van der Waals surface area contributed by atoms with Crippen LogP contribution >= 0.6 is 0 Å². The summed E-state index contributed by atoms with van der Waals surface area (Å²) >= 11 is 0. The number of alkyl halides is 8. The highest BCUT2D eigenvalue weighted by Gasteiger charge is 2.95. The number of hydrogen-bond donors (Lipinski definition) is 0. The van der Waals surface area contributed by atoms with E-state index < -0.39 is 39.1 Å². The second-order valence-electron chi connectivity index (χ2n) is 3.23. The Bertz CT molecular complexity index is 444. The van der Waals surface area contributed by atoms with Gasteiger partial charge in [-0.15, -0.1) is 0 Å². The second kappa shape index (κ2) is 3.02. The van der Waals surface area contributed by atoms with E-state index in [0.29, 0.717) is 0 Å². The lowest BCUT2D eigenvalue weighted by atomic mass is 10.2. The number of halogens is 8. The summed E-state index contributed by atoms with van der Waals surface area (Å²) in [5, 5.41) is -6.23. The predicted octanol–water partition coefficient (Wildman–Crippen LogP) is 1.46. The van der Waals surface area contributed by atoms with Gasteiger partial charge in [0.1, 0.15) is 10.1 Å². The molecule has 17 heavy (non-hydrogen) atoms. The molecule has 2 atom stereocenters. The molecule has 0 amide bonds. The topological polar surface area (TPSA) is 57.2 Å². The summed E-state index contributed by atoms with van der Waals surface area (Å²) in [6.07, 6.45) is -5.18. The van der Waals surface area contributed by atoms with Crippen LogP contribution in [0.15, 0.2) is 0 Å². The standard InChI is InChI=1S/C5H2F8O3S/c6-1-2(7,8)4(10,11)5(12,13)3(1,9)17(14,15)16/h1H,(H,14,15,16)/p-1. The van der Waals surface area contributed by atoms with Crippen LogP contribution in [-0.4, -0.2) is 41.9 Å². The summed E-state index contributed by atoms with van der Waals surface area (Å²) in [6.45, 7) is 0. The van der Waals surface area contributed by atoms with Crippen molar-refractivity contribution in [3.63, 3.8) is 0 Å². The maximum absolute atomic E-state index is 13.0. The molecule has 2 unspecified atom stereocenters. The molecule has 0 aromatic heterocycles. The molecule has 0 aromatic carbocycles. The molecule has 0 heterocycles. The van der Waals surface area contributed by atoms with Gasteiger partial charge in [0.15, 0.2) is 0 Å². The number of hydrogen-bond acceptors (Lipinski definition) is 3. The summed E-state index contributed by atoms with van der Waals surface area (Å²) in [7, 11) is -7.10. The minimum absolute atomic E-state index is 5.18. The van der Waals surface area contributed by atoms with Crippen LogP contribution in [0.25, 0.3) is 0 Å². The molecule has 1 fully saturated rings. The van der Waals surface area contributed by atoms with Crippen molar-refractivity contribution in [2.75, 3.05) is 0 Å². The fourth-order valence-corrected chi connectivity index (χ4v) is 2.10. The molecule has 102 valence electrons. The largest absolute Gasteiger partial charge is 0.745 e. The normalized spacial score (nSPS) is 39.2. The zero-order chi connectivity index (χ0) is 14.1. The van der Waals surface area contributed by atoms with E-state index in [4.69, 9.17) is 0 Å². The summed E-state index contributed by atoms with van der Waals surface area (Å²) in [6, 6.07) is 0. The van der Waals surface area contributed by atoms with E-state index >= 15 is 0 Å². The zero-order valence-electron chi connectivity index (χ0n) is 7.23. The van der Waals surface area contributed by atoms with Crippen LogP contribution in [0.3, 0.4) is 0 Å². The Morgan fingerprint density at radius 3 is 1.35 bits per heavy atom. The fraction of sp³-hybridized carbons (Fsp3) is 1.00. The van der Waals surface area contributed by atoms with E-state index in [-0.39, 0.29) is 0 Å². The van der Waals surface area contributed by atoms with Crippen LogP contribution in [-0.2, 0) is 10.1 Å². The van der Waals surface area contributed by atoms with E-state index in [1.807, 2.05) is 0 Å². The van der Waals surface area contributed by atoms with Crippen LogP contribution in [0, 0.1) is 0 Å². The number of rotatable bonds is 1. The minimum atomic E-state index is -7.10. The minimum Gasteiger partial charge on any atom is -0.745 e. The summed E-state index contributed by atoms with van der Waals surface area (Å²) in [5.41, 5.74) is 0. The van der Waals surface area contributed by atoms with Crippen molar-refractivity contribution in [2.24, 2.45) is 0 Å². The van der Waals surface area contributed by atoms with Crippen LogP contribution in [0.2, 0.25) is 0 Å². The second-order valence-corrected chi connectivity index (χ2v) is 4.74. The van der Waals surface area contributed by atoms with Gasteiger partial charge in [0.25, 0.3) is 0 Å². The third-order valence-electron chi connectivity index (χ3n) is 2.25. The molecule has 0 radical (unpaired) electrons. The highest BCUT2D eigenvalue weighted by molar-refractivity contribution is 7.87. The van der Waals surface area contributed by atoms with Crippen molar-refractivity contribution in [2.45, 2.75) is 28.9 Å². The fourth-order valence-electron chi connectivity index (χ4n) is 1.26. The Hall–Kier alpha value is -0.650. The Labute approximate surface area is 88.1 Å². The first-order valence-electron chi connectivity index (χ1n) is 3.57. The molecule has 0 aliphatic heterocycles. The lowest BCUT2D eigenvalue weighted by Crippen LogP contribution is -2.56. The zero-order valence-corrected chi connectivity index (χ0v) is 8.05. The van der Waals surface area contributed by atoms with Gasteiger partial charge in [0.2, 0.25) is 6.17 Å². The average Bonchev–Trinajstić information content (AvgIpc) is 2.17. The van der Waals surface area contributed by atoms with Crippen LogP contribution in [0.5, 0.6) is 0 Å². The smallest absolute Gasteiger partial charge is 0.379 e. The molecule has 0 bridgehead atoms. The van der Waals surface area contributed by atoms with Gasteiger partial charge in [0.05, 0.1) is 0 Å². The molecule has 0 spiro atoms. The average molecular weight is 293 g/mol. The van der Waals surface area contributed by atoms with Gasteiger partial charge in [0, 0.05) is 0 Å². The van der Waals surface area contributed by atoms with Gasteiger partial charge in [-0.3, -0.25) is 0 Å². The molecule has 3 nitrogen and oxygen atoms in total. The molecule has 1 aliphatic carbocycles. The van der Waals surface area contributed by atoms with Crippen molar-refractivity contribution >= 4 is 10.1 Å². The molecule has 12 heteroatoms. The van der Waals surface area contributed by atoms with Gasteiger partial charge in [-0.1, -0.05) is 0 Å². The van der Waals surface area contributed by atoms with Crippen molar-refractivity contribution in [1.82, 2.24) is 0 Å². The Kier molecular flexibility index (Phi) is 2.56. The van der Waals surface area contributed by atoms with Crippen LogP contribution in [0.1, 0.15) is 0 Å². The van der Waals surface area contributed by atoms with E-state index in [0.717, 1.165) is 0 Å². The lowest BCUT2D eigenvalue weighted by Gasteiger charge is -2.30. The van der Waals surface area contributed by atoms with Crippen LogP contribution in [0.4, 0.5) is 35.1 Å². The van der Waals surface area contributed by atoms with E-state index in [2.05, 4.69) is 0 Å². The molecular weight excluding hydrogens is 292 g/mol. The van der Waals surface area contributed by atoms with Gasteiger partial charge in [-0.05, 0) is 0 Å². The third kappa shape index (κ3) is 1.22. The maximum Gasteiger partial charge on any atom is 0.379 e. The molecule has 1 aliphatic rings. The third-order valence-corrected chi connectivity index (χ3v) is 3.44. The van der Waals surface area contributed by atoms with Gasteiger partial charge in [-0.25, -0.2) is 17.2 Å².